The number of carbonyl (C=O) groups excluding carboxylic acids is 3. The van der Waals surface area contributed by atoms with E-state index in [-0.39, 0.29) is 59.2 Å². The molecule has 18 nitrogen and oxygen atoms in total. The smallest absolute Gasteiger partial charge is 0.246 e. The third-order valence-electron chi connectivity index (χ3n) is 16.2. The molecular weight excluding hydrogens is 971 g/mol. The molecule has 75 heavy (non-hydrogen) atoms. The number of ether oxygens (including phenoxy) is 2. The van der Waals surface area contributed by atoms with Crippen molar-refractivity contribution in [2.45, 2.75) is 166 Å². The van der Waals surface area contributed by atoms with E-state index in [0.29, 0.717) is 53.2 Å². The van der Waals surface area contributed by atoms with Crippen molar-refractivity contribution in [1.29, 1.82) is 0 Å². The fourth-order valence-corrected chi connectivity index (χ4v) is 12.4. The van der Waals surface area contributed by atoms with E-state index in [4.69, 9.17) is 19.4 Å². The third kappa shape index (κ3) is 11.9. The summed E-state index contributed by atoms with van der Waals surface area (Å²) in [6, 6.07) is 9.88. The number of hydrogen-bond donors (Lipinski definition) is 4. The molecule has 5 heterocycles. The van der Waals surface area contributed by atoms with E-state index >= 15 is 0 Å². The zero-order valence-corrected chi connectivity index (χ0v) is 45.5. The van der Waals surface area contributed by atoms with E-state index in [9.17, 15) is 22.8 Å². The number of aromatic amines is 1. The first-order valence-corrected chi connectivity index (χ1v) is 28.6. The summed E-state index contributed by atoms with van der Waals surface area (Å²) in [5, 5.41) is 17.6. The molecule has 4 N–H and O–H groups in total. The van der Waals surface area contributed by atoms with Crippen molar-refractivity contribution in [3.05, 3.63) is 77.5 Å². The minimum atomic E-state index is -3.84. The third-order valence-corrected chi connectivity index (χ3v) is 18.7. The van der Waals surface area contributed by atoms with Crippen molar-refractivity contribution in [3.8, 4) is 11.5 Å². The van der Waals surface area contributed by atoms with E-state index < -0.39 is 32.8 Å². The number of fused-ring (bicyclic) bond motifs is 2. The maximum atomic E-state index is 14.9. The Balaban J connectivity index is 0.838. The molecule has 0 bridgehead atoms. The van der Waals surface area contributed by atoms with Crippen molar-refractivity contribution in [2.24, 2.45) is 17.8 Å². The van der Waals surface area contributed by atoms with Gasteiger partial charge >= 0.3 is 0 Å². The van der Waals surface area contributed by atoms with Gasteiger partial charge in [0.25, 0.3) is 0 Å². The standard InChI is InChI=1S/C56H75N11O7S/c1-8-34(2)52(68)62-49(39-16-10-9-11-17-39)54(70)67-32-40(27-46(67)53(69)61-44-20-14-18-38-15-12-13-19-42(38)44)74-41-30-57-55(58-31-41)66-24-21-37(22-25-66)23-26-73-47-29-45-43(28-48(47)75(71,72)56(5,6)7)51(60-33-59-45)63-50-35(3)36(4)64-65-50/h12-13,15,19,28-31,33-34,37,39-40,44,46,49H,8-11,14,16-18,20-27,32H2,1-7H3,(H,61,69)(H,62,68)(H2,59,60,63,64,65)/t34-,40+,44-,46+,49+/m1/s1. The van der Waals surface area contributed by atoms with Gasteiger partial charge in [0, 0.05) is 48.1 Å². The number of piperidine rings is 1. The van der Waals surface area contributed by atoms with Crippen LogP contribution in [-0.4, -0.2) is 110 Å². The number of amides is 3. The lowest BCUT2D eigenvalue weighted by molar-refractivity contribution is -0.143. The number of nitrogens with zero attached hydrogens (tertiary/aromatic N) is 7. The summed E-state index contributed by atoms with van der Waals surface area (Å²) >= 11 is 0. The lowest BCUT2D eigenvalue weighted by Crippen LogP contribution is -2.57. The molecule has 5 atom stereocenters. The van der Waals surface area contributed by atoms with E-state index in [1.54, 1.807) is 50.2 Å². The van der Waals surface area contributed by atoms with Gasteiger partial charge in [-0.15, -0.1) is 0 Å². The number of hydrogen-bond acceptors (Lipinski definition) is 14. The molecule has 19 heteroatoms. The molecule has 2 aliphatic carbocycles. The Kier molecular flexibility index (Phi) is 16.3. The van der Waals surface area contributed by atoms with Gasteiger partial charge in [-0.1, -0.05) is 57.4 Å². The molecule has 0 unspecified atom stereocenters. The molecule has 0 radical (unpaired) electrons. The highest BCUT2D eigenvalue weighted by Crippen LogP contribution is 2.39. The minimum absolute atomic E-state index is 0.00730. The molecule has 3 aromatic heterocycles. The van der Waals surface area contributed by atoms with Crippen LogP contribution in [0.5, 0.6) is 11.5 Å². The van der Waals surface area contributed by atoms with Gasteiger partial charge in [0.2, 0.25) is 23.7 Å². The number of aryl methyl sites for hydroxylation is 2. The summed E-state index contributed by atoms with van der Waals surface area (Å²) in [4.78, 5) is 65.0. The number of anilines is 3. The van der Waals surface area contributed by atoms with Gasteiger partial charge in [0.1, 0.15) is 41.0 Å². The first-order valence-electron chi connectivity index (χ1n) is 27.2. The van der Waals surface area contributed by atoms with Crippen LogP contribution in [0.25, 0.3) is 10.9 Å². The molecule has 1 saturated carbocycles. The molecule has 0 spiro atoms. The lowest BCUT2D eigenvalue weighted by atomic mass is 9.83. The van der Waals surface area contributed by atoms with Crippen LogP contribution in [0.2, 0.25) is 0 Å². The molecule has 4 aliphatic rings. The molecule has 3 amide bonds. The van der Waals surface area contributed by atoms with Gasteiger partial charge in [-0.3, -0.25) is 19.5 Å². The topological polar surface area (TPSA) is 227 Å². The molecule has 2 aromatic carbocycles. The minimum Gasteiger partial charge on any atom is -0.492 e. The van der Waals surface area contributed by atoms with Crippen molar-refractivity contribution >= 4 is 56.0 Å². The number of nitrogens with one attached hydrogen (secondary N) is 4. The van der Waals surface area contributed by atoms with Crippen LogP contribution in [0, 0.1) is 31.6 Å². The monoisotopic (exact) mass is 1050 g/mol. The Morgan fingerprint density at radius 2 is 1.67 bits per heavy atom. The average Bonchev–Trinajstić information content (AvgIpc) is 3.98. The van der Waals surface area contributed by atoms with Gasteiger partial charge < -0.3 is 35.2 Å². The summed E-state index contributed by atoms with van der Waals surface area (Å²) in [6.45, 7) is 14.7. The van der Waals surface area contributed by atoms with Crippen molar-refractivity contribution < 1.29 is 32.3 Å². The summed E-state index contributed by atoms with van der Waals surface area (Å²) in [7, 11) is -3.84. The van der Waals surface area contributed by atoms with Gasteiger partial charge in [-0.05, 0) is 121 Å². The van der Waals surface area contributed by atoms with Crippen LogP contribution in [0.4, 0.5) is 17.6 Å². The molecule has 402 valence electrons. The van der Waals surface area contributed by atoms with Crippen molar-refractivity contribution in [1.82, 2.24) is 45.7 Å². The number of benzene rings is 2. The highest BCUT2D eigenvalue weighted by molar-refractivity contribution is 7.92. The second kappa shape index (κ2) is 22.8. The molecule has 3 fully saturated rings. The van der Waals surface area contributed by atoms with E-state index in [1.807, 2.05) is 39.8 Å². The Bertz CT molecular complexity index is 2950. The van der Waals surface area contributed by atoms with Crippen LogP contribution in [0.1, 0.15) is 140 Å². The molecule has 2 aliphatic heterocycles. The predicted octanol–water partition coefficient (Wildman–Crippen LogP) is 8.41. The first kappa shape index (κ1) is 53.5. The SMILES string of the molecule is CC[C@@H](C)C(=O)N[C@H](C(=O)N1C[C@@H](Oc2cnc(N3CCC(CCOc4cc5ncnc(Nc6n[nH]c(C)c6C)c5cc4S(=O)(=O)C(C)(C)C)CC3)nc2)C[C@H]1C(=O)N[C@@H]1CCCc2ccccc21)C1CCCCC1. The fraction of sp³-hybridized carbons (Fsp3) is 0.571. The van der Waals surface area contributed by atoms with Crippen molar-refractivity contribution in [3.63, 3.8) is 0 Å². The quantitative estimate of drug-likeness (QED) is 0.0686. The van der Waals surface area contributed by atoms with Crippen LogP contribution >= 0.6 is 0 Å². The van der Waals surface area contributed by atoms with Gasteiger partial charge in [-0.25, -0.2) is 28.4 Å². The number of carbonyl (C=O) groups is 3. The predicted molar refractivity (Wildman–Crippen MR) is 288 cm³/mol. The zero-order valence-electron chi connectivity index (χ0n) is 44.7. The maximum Gasteiger partial charge on any atom is 0.246 e. The summed E-state index contributed by atoms with van der Waals surface area (Å²) in [5.41, 5.74) is 4.74. The molecular formula is C56H75N11O7S. The highest BCUT2D eigenvalue weighted by Gasteiger charge is 2.46. The van der Waals surface area contributed by atoms with E-state index in [2.05, 4.69) is 53.1 Å². The largest absolute Gasteiger partial charge is 0.492 e. The number of likely N-dealkylation sites (tertiary alicyclic amines) is 1. The Hall–Kier alpha value is -6.37. The van der Waals surface area contributed by atoms with E-state index in [0.717, 1.165) is 101 Å². The second-order valence-corrected chi connectivity index (χ2v) is 24.9. The number of rotatable bonds is 17. The van der Waals surface area contributed by atoms with Crippen LogP contribution in [0.15, 0.2) is 60.0 Å². The summed E-state index contributed by atoms with van der Waals surface area (Å²) in [6.07, 6.45) is 15.2. The van der Waals surface area contributed by atoms with Crippen molar-refractivity contribution in [2.75, 3.05) is 36.5 Å². The Morgan fingerprint density at radius 3 is 2.37 bits per heavy atom. The van der Waals surface area contributed by atoms with Crippen LogP contribution in [-0.2, 0) is 30.6 Å². The average molecular weight is 1050 g/mol. The first-order chi connectivity index (χ1) is 36.0. The zero-order chi connectivity index (χ0) is 53.0. The Morgan fingerprint density at radius 1 is 0.920 bits per heavy atom. The maximum absolute atomic E-state index is 14.9. The fourth-order valence-electron chi connectivity index (χ4n) is 11.1. The highest BCUT2D eigenvalue weighted by atomic mass is 32.2. The molecule has 2 saturated heterocycles. The number of sulfone groups is 1. The van der Waals surface area contributed by atoms with Gasteiger partial charge in [-0.2, -0.15) is 5.10 Å². The van der Waals surface area contributed by atoms with Crippen LogP contribution in [0.3, 0.4) is 0 Å². The van der Waals surface area contributed by atoms with E-state index in [1.165, 1.54) is 11.9 Å². The second-order valence-electron chi connectivity index (χ2n) is 22.2. The Labute approximate surface area is 441 Å². The molecule has 9 rings (SSSR count). The molecule has 5 aromatic rings. The number of aromatic nitrogens is 6. The van der Waals surface area contributed by atoms with Gasteiger partial charge in [0.15, 0.2) is 21.4 Å². The lowest BCUT2D eigenvalue weighted by Gasteiger charge is -2.35. The van der Waals surface area contributed by atoms with Gasteiger partial charge in [0.05, 0.1) is 41.9 Å². The number of H-pyrrole nitrogens is 1. The normalized spacial score (nSPS) is 20.5. The van der Waals surface area contributed by atoms with Crippen LogP contribution < -0.4 is 30.3 Å². The summed E-state index contributed by atoms with van der Waals surface area (Å²) in [5.74, 6) is 1.84. The summed E-state index contributed by atoms with van der Waals surface area (Å²) < 4.78 is 39.9.